The Bertz CT molecular complexity index is 487. The SMILES string of the molecule is c1ccc(C2OCC(CC3CSSC3)(CC3CSSC3)CO2)cc1. The first-order valence-corrected chi connectivity index (χ1v) is 13.6. The van der Waals surface area contributed by atoms with Crippen molar-refractivity contribution in [3.8, 4) is 0 Å². The van der Waals surface area contributed by atoms with E-state index in [9.17, 15) is 0 Å². The average molecular weight is 401 g/mol. The van der Waals surface area contributed by atoms with Crippen LogP contribution in [0.2, 0.25) is 0 Å². The first-order chi connectivity index (χ1) is 11.8. The molecule has 3 aliphatic heterocycles. The fraction of sp³-hybridized carbons (Fsp3) is 0.667. The lowest BCUT2D eigenvalue weighted by atomic mass is 9.74. The molecule has 2 nitrogen and oxygen atoms in total. The molecule has 0 spiro atoms. The molecule has 3 saturated heterocycles. The summed E-state index contributed by atoms with van der Waals surface area (Å²) in [6.45, 7) is 1.70. The number of benzene rings is 1. The van der Waals surface area contributed by atoms with Gasteiger partial charge in [-0.15, -0.1) is 0 Å². The Labute approximate surface area is 160 Å². The van der Waals surface area contributed by atoms with Crippen LogP contribution in [0.15, 0.2) is 30.3 Å². The lowest BCUT2D eigenvalue weighted by Crippen LogP contribution is -2.42. The molecular weight excluding hydrogens is 376 g/mol. The monoisotopic (exact) mass is 400 g/mol. The van der Waals surface area contributed by atoms with E-state index in [1.807, 2.05) is 49.2 Å². The number of hydrogen-bond donors (Lipinski definition) is 0. The lowest BCUT2D eigenvalue weighted by Gasteiger charge is -2.42. The third-order valence-corrected chi connectivity index (χ3v) is 10.4. The van der Waals surface area contributed by atoms with Crippen molar-refractivity contribution in [2.45, 2.75) is 19.1 Å². The zero-order chi connectivity index (χ0) is 16.2. The van der Waals surface area contributed by atoms with E-state index in [2.05, 4.69) is 24.3 Å². The van der Waals surface area contributed by atoms with Crippen molar-refractivity contribution >= 4 is 43.2 Å². The van der Waals surface area contributed by atoms with Crippen LogP contribution in [0.1, 0.15) is 24.7 Å². The second kappa shape index (κ2) is 8.49. The Hall–Kier alpha value is 0.540. The van der Waals surface area contributed by atoms with Crippen molar-refractivity contribution in [1.82, 2.24) is 0 Å². The number of ether oxygens (including phenoxy) is 2. The number of hydrogen-bond acceptors (Lipinski definition) is 6. The molecule has 1 aromatic rings. The van der Waals surface area contributed by atoms with E-state index in [1.54, 1.807) is 0 Å². The highest BCUT2D eigenvalue weighted by molar-refractivity contribution is 8.77. The molecule has 0 amide bonds. The minimum absolute atomic E-state index is 0.181. The Morgan fingerprint density at radius 1 is 0.792 bits per heavy atom. The van der Waals surface area contributed by atoms with Gasteiger partial charge in [0.2, 0.25) is 0 Å². The van der Waals surface area contributed by atoms with Crippen LogP contribution in [0.25, 0.3) is 0 Å². The van der Waals surface area contributed by atoms with Gasteiger partial charge in [-0.1, -0.05) is 73.5 Å². The molecule has 0 aromatic heterocycles. The maximum atomic E-state index is 6.25. The Morgan fingerprint density at radius 2 is 1.29 bits per heavy atom. The van der Waals surface area contributed by atoms with Crippen LogP contribution in [0.5, 0.6) is 0 Å². The second-order valence-corrected chi connectivity index (χ2v) is 12.2. The van der Waals surface area contributed by atoms with E-state index >= 15 is 0 Å². The first-order valence-electron chi connectivity index (χ1n) is 8.60. The van der Waals surface area contributed by atoms with E-state index in [0.29, 0.717) is 0 Å². The predicted molar refractivity (Wildman–Crippen MR) is 110 cm³/mol. The van der Waals surface area contributed by atoms with E-state index in [-0.39, 0.29) is 11.7 Å². The quantitative estimate of drug-likeness (QED) is 0.601. The standard InChI is InChI=1S/C18H24O2S4/c1-2-4-16(5-3-1)17-19-12-18(13-20-17,6-14-8-21-22-9-14)7-15-10-23-24-11-15/h1-5,14-15,17H,6-13H2. The highest BCUT2D eigenvalue weighted by atomic mass is 33.1. The van der Waals surface area contributed by atoms with Crippen LogP contribution >= 0.6 is 43.2 Å². The molecular formula is C18H24O2S4. The Morgan fingerprint density at radius 3 is 1.79 bits per heavy atom. The van der Waals surface area contributed by atoms with Crippen LogP contribution < -0.4 is 0 Å². The average Bonchev–Trinajstić information content (AvgIpc) is 3.30. The van der Waals surface area contributed by atoms with Crippen molar-refractivity contribution in [1.29, 1.82) is 0 Å². The summed E-state index contributed by atoms with van der Waals surface area (Å²) in [5, 5.41) is 0. The zero-order valence-corrected chi connectivity index (χ0v) is 17.0. The summed E-state index contributed by atoms with van der Waals surface area (Å²) in [6, 6.07) is 10.4. The second-order valence-electron chi connectivity index (χ2n) is 7.14. The van der Waals surface area contributed by atoms with Crippen LogP contribution in [-0.4, -0.2) is 36.2 Å². The van der Waals surface area contributed by atoms with Crippen LogP contribution in [0.3, 0.4) is 0 Å². The molecule has 0 unspecified atom stereocenters. The van der Waals surface area contributed by atoms with Gasteiger partial charge in [0.15, 0.2) is 6.29 Å². The van der Waals surface area contributed by atoms with Crippen LogP contribution in [0.4, 0.5) is 0 Å². The van der Waals surface area contributed by atoms with E-state index in [1.165, 1.54) is 35.9 Å². The normalized spacial score (nSPS) is 26.2. The Kier molecular flexibility index (Phi) is 6.34. The third kappa shape index (κ3) is 4.44. The predicted octanol–water partition coefficient (Wildman–Crippen LogP) is 5.52. The van der Waals surface area contributed by atoms with Crippen LogP contribution in [-0.2, 0) is 9.47 Å². The lowest BCUT2D eigenvalue weighted by molar-refractivity contribution is -0.240. The van der Waals surface area contributed by atoms with Gasteiger partial charge in [-0.3, -0.25) is 0 Å². The molecule has 3 heterocycles. The summed E-state index contributed by atoms with van der Waals surface area (Å²) in [6.07, 6.45) is 2.35. The first kappa shape index (κ1) is 17.9. The topological polar surface area (TPSA) is 18.5 Å². The molecule has 0 bridgehead atoms. The van der Waals surface area contributed by atoms with Crippen molar-refractivity contribution in [3.05, 3.63) is 35.9 Å². The molecule has 132 valence electrons. The molecule has 4 rings (SSSR count). The third-order valence-electron chi connectivity index (χ3n) is 4.98. The van der Waals surface area contributed by atoms with Crippen LogP contribution in [0, 0.1) is 17.3 Å². The fourth-order valence-corrected chi connectivity index (χ4v) is 9.71. The largest absolute Gasteiger partial charge is 0.348 e. The van der Waals surface area contributed by atoms with E-state index in [4.69, 9.17) is 9.47 Å². The molecule has 0 aliphatic carbocycles. The van der Waals surface area contributed by atoms with E-state index in [0.717, 1.165) is 30.6 Å². The van der Waals surface area contributed by atoms with Crippen molar-refractivity contribution in [2.75, 3.05) is 36.2 Å². The van der Waals surface area contributed by atoms with E-state index < -0.39 is 0 Å². The minimum Gasteiger partial charge on any atom is -0.348 e. The molecule has 0 saturated carbocycles. The maximum Gasteiger partial charge on any atom is 0.183 e. The molecule has 0 atom stereocenters. The van der Waals surface area contributed by atoms with Gasteiger partial charge in [-0.25, -0.2) is 0 Å². The van der Waals surface area contributed by atoms with Gasteiger partial charge in [0.25, 0.3) is 0 Å². The minimum atomic E-state index is -0.181. The van der Waals surface area contributed by atoms with Gasteiger partial charge in [-0.2, -0.15) is 0 Å². The molecule has 6 heteroatoms. The summed E-state index contributed by atoms with van der Waals surface area (Å²) in [5.41, 5.74) is 1.36. The summed E-state index contributed by atoms with van der Waals surface area (Å²) in [7, 11) is 8.15. The molecule has 0 N–H and O–H groups in total. The van der Waals surface area contributed by atoms with Gasteiger partial charge in [0.1, 0.15) is 0 Å². The van der Waals surface area contributed by atoms with Crippen molar-refractivity contribution < 1.29 is 9.47 Å². The van der Waals surface area contributed by atoms with Gasteiger partial charge in [-0.05, 0) is 24.7 Å². The molecule has 3 fully saturated rings. The van der Waals surface area contributed by atoms with Crippen molar-refractivity contribution in [3.63, 3.8) is 0 Å². The summed E-state index contributed by atoms with van der Waals surface area (Å²) in [4.78, 5) is 0. The van der Waals surface area contributed by atoms with Gasteiger partial charge in [0, 0.05) is 34.0 Å². The van der Waals surface area contributed by atoms with Gasteiger partial charge >= 0.3 is 0 Å². The summed E-state index contributed by atoms with van der Waals surface area (Å²) >= 11 is 0. The highest BCUT2D eigenvalue weighted by Gasteiger charge is 2.42. The molecule has 3 aliphatic rings. The molecule has 1 aromatic carbocycles. The smallest absolute Gasteiger partial charge is 0.183 e. The number of rotatable bonds is 5. The molecule has 24 heavy (non-hydrogen) atoms. The summed E-state index contributed by atoms with van der Waals surface area (Å²) < 4.78 is 12.5. The van der Waals surface area contributed by atoms with Gasteiger partial charge < -0.3 is 9.47 Å². The Balaban J connectivity index is 1.43. The highest BCUT2D eigenvalue weighted by Crippen LogP contribution is 2.48. The molecule has 0 radical (unpaired) electrons. The fourth-order valence-electron chi connectivity index (χ4n) is 3.85. The van der Waals surface area contributed by atoms with Crippen molar-refractivity contribution in [2.24, 2.45) is 17.3 Å². The van der Waals surface area contributed by atoms with Gasteiger partial charge in [0.05, 0.1) is 13.2 Å². The zero-order valence-electron chi connectivity index (χ0n) is 13.7. The summed E-state index contributed by atoms with van der Waals surface area (Å²) in [5.74, 6) is 6.82. The maximum absolute atomic E-state index is 6.25.